The highest BCUT2D eigenvalue weighted by Crippen LogP contribution is 1.93. The van der Waals surface area contributed by atoms with E-state index in [1.807, 2.05) is 0 Å². The minimum atomic E-state index is -2.91. The predicted molar refractivity (Wildman–Crippen MR) is 24.0 cm³/mol. The Hall–Kier alpha value is -0.710. The molecule has 0 radical (unpaired) electrons. The van der Waals surface area contributed by atoms with E-state index >= 15 is 0 Å². The number of hydrogen-bond acceptors (Lipinski definition) is 3. The van der Waals surface area contributed by atoms with Crippen LogP contribution in [0.25, 0.3) is 0 Å². The fraction of sp³-hybridized carbons (Fsp3) is 0.750. The first kappa shape index (κ1) is 8.29. The molecule has 0 aliphatic rings. The van der Waals surface area contributed by atoms with Crippen LogP contribution in [0.15, 0.2) is 0 Å². The van der Waals surface area contributed by atoms with Crippen molar-refractivity contribution in [3.05, 3.63) is 0 Å². The number of hydrogen-bond donors (Lipinski definition) is 0. The summed E-state index contributed by atoms with van der Waals surface area (Å²) in [6.45, 7) is -3.61. The van der Waals surface area contributed by atoms with E-state index in [9.17, 15) is 13.6 Å². The van der Waals surface area contributed by atoms with Crippen molar-refractivity contribution in [3.63, 3.8) is 0 Å². The van der Waals surface area contributed by atoms with Gasteiger partial charge in [-0.2, -0.15) is 8.78 Å². The van der Waals surface area contributed by atoms with Gasteiger partial charge in [-0.05, 0) is 0 Å². The lowest BCUT2D eigenvalue weighted by Gasteiger charge is -1.98. The van der Waals surface area contributed by atoms with Crippen LogP contribution in [0.3, 0.4) is 0 Å². The molecular weight excluding hydrogens is 134 g/mol. The van der Waals surface area contributed by atoms with Crippen molar-refractivity contribution in [3.8, 4) is 0 Å². The molecule has 3 nitrogen and oxygen atoms in total. The summed E-state index contributed by atoms with van der Waals surface area (Å²) in [6, 6.07) is 0. The number of rotatable bonds is 3. The molecule has 0 bridgehead atoms. The van der Waals surface area contributed by atoms with Gasteiger partial charge in [0, 0.05) is 0 Å². The molecule has 0 aromatic carbocycles. The Balaban J connectivity index is 3.17. The summed E-state index contributed by atoms with van der Waals surface area (Å²) in [7, 11) is 1.09. The zero-order chi connectivity index (χ0) is 7.28. The number of esters is 1. The molecule has 0 aromatic rings. The van der Waals surface area contributed by atoms with Crippen LogP contribution in [-0.2, 0) is 14.3 Å². The molecule has 0 N–H and O–H groups in total. The maximum absolute atomic E-state index is 11.1. The molecule has 0 fully saturated rings. The average Bonchev–Trinajstić information content (AvgIpc) is 1.83. The molecule has 9 heavy (non-hydrogen) atoms. The average molecular weight is 140 g/mol. The second-order valence-electron chi connectivity index (χ2n) is 1.15. The van der Waals surface area contributed by atoms with Gasteiger partial charge in [0.25, 0.3) is 0 Å². The topological polar surface area (TPSA) is 35.5 Å². The van der Waals surface area contributed by atoms with Gasteiger partial charge in [0.2, 0.25) is 0 Å². The van der Waals surface area contributed by atoms with Gasteiger partial charge in [-0.1, -0.05) is 0 Å². The Morgan fingerprint density at radius 3 is 2.56 bits per heavy atom. The normalized spacial score (nSPS) is 9.78. The highest BCUT2D eigenvalue weighted by Gasteiger charge is 2.05. The molecule has 0 aromatic heterocycles. The molecule has 0 saturated heterocycles. The summed E-state index contributed by atoms with van der Waals surface area (Å²) >= 11 is 0. The first-order chi connectivity index (χ1) is 4.16. The highest BCUT2D eigenvalue weighted by molar-refractivity contribution is 5.70. The molecule has 0 amide bonds. The Labute approximate surface area is 50.6 Å². The smallest absolute Gasteiger partial charge is 0.345 e. The lowest BCUT2D eigenvalue weighted by Crippen LogP contribution is -2.12. The number of carbonyl (C=O) groups excluding carboxylic acids is 1. The number of halogens is 2. The summed E-state index contributed by atoms with van der Waals surface area (Å²) < 4.78 is 29.8. The summed E-state index contributed by atoms with van der Waals surface area (Å²) in [6.07, 6.45) is 0. The molecule has 0 saturated carbocycles. The van der Waals surface area contributed by atoms with E-state index in [1.165, 1.54) is 0 Å². The van der Waals surface area contributed by atoms with Gasteiger partial charge in [-0.15, -0.1) is 0 Å². The van der Waals surface area contributed by atoms with Gasteiger partial charge in [-0.25, -0.2) is 4.79 Å². The van der Waals surface area contributed by atoms with Gasteiger partial charge < -0.3 is 9.47 Å². The van der Waals surface area contributed by atoms with E-state index < -0.39 is 19.2 Å². The fourth-order valence-corrected chi connectivity index (χ4v) is 0.190. The Kier molecular flexibility index (Phi) is 3.87. The molecule has 0 heterocycles. The minimum absolute atomic E-state index is 0.700. The van der Waals surface area contributed by atoms with Gasteiger partial charge in [0.1, 0.15) is 0 Å². The monoisotopic (exact) mass is 140 g/mol. The van der Waals surface area contributed by atoms with Crippen LogP contribution in [0.1, 0.15) is 0 Å². The van der Waals surface area contributed by atoms with Crippen molar-refractivity contribution in [2.45, 2.75) is 6.61 Å². The number of carbonyl (C=O) groups is 1. The lowest BCUT2D eigenvalue weighted by atomic mass is 10.7. The maximum Gasteiger partial charge on any atom is 0.345 e. The van der Waals surface area contributed by atoms with E-state index in [2.05, 4.69) is 9.47 Å². The highest BCUT2D eigenvalue weighted by atomic mass is 19.3. The first-order valence-corrected chi connectivity index (χ1v) is 2.13. The summed E-state index contributed by atoms with van der Waals surface area (Å²) in [5.74, 6) is -0.810. The maximum atomic E-state index is 11.1. The molecule has 0 rings (SSSR count). The number of alkyl halides is 2. The molecule has 0 atom stereocenters. The summed E-state index contributed by atoms with van der Waals surface area (Å²) in [5.41, 5.74) is 0. The van der Waals surface area contributed by atoms with E-state index in [1.54, 1.807) is 0 Å². The third kappa shape index (κ3) is 5.16. The van der Waals surface area contributed by atoms with Crippen LogP contribution in [0, 0.1) is 0 Å². The second-order valence-corrected chi connectivity index (χ2v) is 1.15. The molecular formula is C4H6F2O3. The molecule has 0 unspecified atom stereocenters. The summed E-state index contributed by atoms with van der Waals surface area (Å²) in [5, 5.41) is 0. The Bertz CT molecular complexity index is 93.8. The van der Waals surface area contributed by atoms with Crippen molar-refractivity contribution in [2.24, 2.45) is 0 Å². The van der Waals surface area contributed by atoms with Gasteiger partial charge in [0.05, 0.1) is 7.11 Å². The third-order valence-electron chi connectivity index (χ3n) is 0.555. The number of methoxy groups -OCH3 is 1. The Morgan fingerprint density at radius 2 is 2.22 bits per heavy atom. The van der Waals surface area contributed by atoms with Crippen molar-refractivity contribution in [2.75, 3.05) is 13.7 Å². The van der Waals surface area contributed by atoms with Crippen LogP contribution in [0.5, 0.6) is 0 Å². The van der Waals surface area contributed by atoms with Gasteiger partial charge >= 0.3 is 12.6 Å². The van der Waals surface area contributed by atoms with Crippen molar-refractivity contribution < 1.29 is 23.0 Å². The van der Waals surface area contributed by atoms with Crippen LogP contribution in [0.4, 0.5) is 8.78 Å². The minimum Gasteiger partial charge on any atom is -0.467 e. The molecule has 0 aliphatic heterocycles. The lowest BCUT2D eigenvalue weighted by molar-refractivity contribution is -0.167. The molecule has 0 aliphatic carbocycles. The summed E-state index contributed by atoms with van der Waals surface area (Å²) in [4.78, 5) is 10.0. The fourth-order valence-electron chi connectivity index (χ4n) is 0.190. The van der Waals surface area contributed by atoms with Crippen LogP contribution in [-0.4, -0.2) is 26.3 Å². The Morgan fingerprint density at radius 1 is 1.67 bits per heavy atom. The van der Waals surface area contributed by atoms with E-state index in [0.29, 0.717) is 0 Å². The van der Waals surface area contributed by atoms with E-state index in [0.717, 1.165) is 7.11 Å². The second kappa shape index (κ2) is 4.20. The van der Waals surface area contributed by atoms with Gasteiger partial charge in [-0.3, -0.25) is 0 Å². The largest absolute Gasteiger partial charge is 0.467 e. The molecule has 5 heteroatoms. The molecule has 54 valence electrons. The number of ether oxygens (including phenoxy) is 2. The van der Waals surface area contributed by atoms with Crippen LogP contribution >= 0.6 is 0 Å². The van der Waals surface area contributed by atoms with E-state index in [-0.39, 0.29) is 0 Å². The third-order valence-corrected chi connectivity index (χ3v) is 0.555. The quantitative estimate of drug-likeness (QED) is 0.532. The van der Waals surface area contributed by atoms with Crippen molar-refractivity contribution >= 4 is 5.97 Å². The van der Waals surface area contributed by atoms with Gasteiger partial charge in [0.15, 0.2) is 6.61 Å². The predicted octanol–water partition coefficient (Wildman–Crippen LogP) is 0.399. The molecule has 0 spiro atoms. The van der Waals surface area contributed by atoms with E-state index in [4.69, 9.17) is 0 Å². The van der Waals surface area contributed by atoms with Crippen LogP contribution < -0.4 is 0 Å². The first-order valence-electron chi connectivity index (χ1n) is 2.13. The van der Waals surface area contributed by atoms with Crippen molar-refractivity contribution in [1.29, 1.82) is 0 Å². The van der Waals surface area contributed by atoms with Crippen molar-refractivity contribution in [1.82, 2.24) is 0 Å². The standard InChI is InChI=1S/C4H6F2O3/c1-8-3(7)2-9-4(5)6/h4H,2H2,1H3. The SMILES string of the molecule is COC(=O)COC(F)F. The zero-order valence-electron chi connectivity index (χ0n) is 4.77. The van der Waals surface area contributed by atoms with Crippen LogP contribution in [0.2, 0.25) is 0 Å². The zero-order valence-corrected chi connectivity index (χ0v) is 4.77.